The smallest absolute Gasteiger partial charge is 0.330 e. The van der Waals surface area contributed by atoms with Crippen molar-refractivity contribution in [3.8, 4) is 0 Å². The molecule has 0 aromatic heterocycles. The predicted octanol–water partition coefficient (Wildman–Crippen LogP) is 2.72. The van der Waals surface area contributed by atoms with Crippen molar-refractivity contribution in [2.45, 2.75) is 44.3 Å². The number of amides is 1. The fraction of sp³-hybridized carbons (Fsp3) is 0.318. The van der Waals surface area contributed by atoms with Gasteiger partial charge in [0, 0.05) is 19.4 Å². The molecule has 0 unspecified atom stereocenters. The zero-order valence-electron chi connectivity index (χ0n) is 16.7. The van der Waals surface area contributed by atoms with Crippen molar-refractivity contribution in [2.24, 2.45) is 5.73 Å². The van der Waals surface area contributed by atoms with Crippen LogP contribution in [0.2, 0.25) is 0 Å². The van der Waals surface area contributed by atoms with Gasteiger partial charge in [-0.1, -0.05) is 60.7 Å². The van der Waals surface area contributed by atoms with Crippen LogP contribution in [0.5, 0.6) is 0 Å². The topological polar surface area (TPSA) is 121 Å². The molecule has 0 saturated carbocycles. The number of aliphatic carboxylic acids is 2. The van der Waals surface area contributed by atoms with Gasteiger partial charge in [0.05, 0.1) is 6.04 Å². The molecule has 0 aliphatic rings. The molecule has 2 aromatic rings. The zero-order chi connectivity index (χ0) is 21.4. The largest absolute Gasteiger partial charge is 0.481 e. The fourth-order valence-corrected chi connectivity index (χ4v) is 3.32. The predicted molar refractivity (Wildman–Crippen MR) is 115 cm³/mol. The Bertz CT molecular complexity index is 845. The third-order valence-electron chi connectivity index (χ3n) is 4.85. The van der Waals surface area contributed by atoms with Crippen LogP contribution in [0.1, 0.15) is 30.9 Å². The van der Waals surface area contributed by atoms with Crippen molar-refractivity contribution < 1.29 is 24.6 Å². The summed E-state index contributed by atoms with van der Waals surface area (Å²) in [6.07, 6.45) is -0.656. The lowest BCUT2D eigenvalue weighted by Crippen LogP contribution is -2.61. The van der Waals surface area contributed by atoms with Crippen molar-refractivity contribution in [3.05, 3.63) is 71.8 Å². The van der Waals surface area contributed by atoms with E-state index in [1.807, 2.05) is 6.07 Å². The molecule has 2 aromatic carbocycles. The number of halogens is 1. The quantitative estimate of drug-likeness (QED) is 0.528. The second-order valence-corrected chi connectivity index (χ2v) is 7.09. The maximum atomic E-state index is 13.0. The number of carbonyl (C=O) groups is 3. The number of hydrogen-bond acceptors (Lipinski definition) is 4. The molecule has 0 fully saturated rings. The molecule has 0 spiro atoms. The Labute approximate surface area is 181 Å². The molecule has 0 aliphatic carbocycles. The third kappa shape index (κ3) is 6.30. The van der Waals surface area contributed by atoms with E-state index in [2.05, 4.69) is 0 Å². The first-order chi connectivity index (χ1) is 13.8. The van der Waals surface area contributed by atoms with Gasteiger partial charge >= 0.3 is 11.9 Å². The number of carbonyl (C=O) groups excluding carboxylic acids is 1. The van der Waals surface area contributed by atoms with Gasteiger partial charge in [-0.05, 0) is 24.5 Å². The second-order valence-electron chi connectivity index (χ2n) is 7.09. The number of rotatable bonds is 10. The Morgan fingerprint density at radius 3 is 1.90 bits per heavy atom. The Balaban J connectivity index is 0.00000450. The van der Waals surface area contributed by atoms with Gasteiger partial charge in [-0.15, -0.1) is 12.4 Å². The van der Waals surface area contributed by atoms with Gasteiger partial charge in [-0.3, -0.25) is 9.59 Å². The van der Waals surface area contributed by atoms with Crippen LogP contribution >= 0.6 is 12.4 Å². The SMILES string of the molecule is C[C@H](N)C(=O)N(Cc1ccccc1)[C@@](CCC(=O)O)(Cc1ccccc1)C(=O)O.Cl. The highest BCUT2D eigenvalue weighted by atomic mass is 35.5. The molecule has 1 amide bonds. The fourth-order valence-electron chi connectivity index (χ4n) is 3.32. The lowest BCUT2D eigenvalue weighted by Gasteiger charge is -2.42. The highest BCUT2D eigenvalue weighted by molar-refractivity contribution is 5.90. The first-order valence-corrected chi connectivity index (χ1v) is 9.36. The molecule has 0 radical (unpaired) electrons. The molecule has 2 rings (SSSR count). The summed E-state index contributed by atoms with van der Waals surface area (Å²) in [4.78, 5) is 38.1. The molecule has 0 heterocycles. The first-order valence-electron chi connectivity index (χ1n) is 9.36. The summed E-state index contributed by atoms with van der Waals surface area (Å²) in [7, 11) is 0. The molecule has 7 nitrogen and oxygen atoms in total. The van der Waals surface area contributed by atoms with Gasteiger partial charge in [0.1, 0.15) is 5.54 Å². The second kappa shape index (κ2) is 11.3. The minimum Gasteiger partial charge on any atom is -0.481 e. The van der Waals surface area contributed by atoms with Crippen LogP contribution < -0.4 is 5.73 Å². The van der Waals surface area contributed by atoms with Gasteiger partial charge in [-0.25, -0.2) is 4.79 Å². The number of benzene rings is 2. The first kappa shape index (κ1) is 25.1. The maximum Gasteiger partial charge on any atom is 0.330 e. The number of nitrogens with zero attached hydrogens (tertiary/aromatic N) is 1. The van der Waals surface area contributed by atoms with Gasteiger partial charge < -0.3 is 20.8 Å². The summed E-state index contributed by atoms with van der Waals surface area (Å²) >= 11 is 0. The van der Waals surface area contributed by atoms with E-state index in [0.717, 1.165) is 5.56 Å². The lowest BCUT2D eigenvalue weighted by molar-refractivity contribution is -0.162. The van der Waals surface area contributed by atoms with Crippen LogP contribution in [-0.2, 0) is 27.3 Å². The van der Waals surface area contributed by atoms with Crippen LogP contribution in [0.4, 0.5) is 0 Å². The minimum absolute atomic E-state index is 0. The van der Waals surface area contributed by atoms with Crippen molar-refractivity contribution in [2.75, 3.05) is 0 Å². The Morgan fingerprint density at radius 1 is 0.967 bits per heavy atom. The highest BCUT2D eigenvalue weighted by Gasteiger charge is 2.47. The minimum atomic E-state index is -1.75. The number of carboxylic acids is 2. The van der Waals surface area contributed by atoms with Crippen molar-refractivity contribution >= 4 is 30.3 Å². The molecular weight excluding hydrogens is 408 g/mol. The molecule has 0 saturated heterocycles. The Hall–Kier alpha value is -2.90. The number of carboxylic acid groups (broad SMARTS) is 2. The van der Waals surface area contributed by atoms with E-state index in [9.17, 15) is 24.6 Å². The molecule has 4 N–H and O–H groups in total. The average molecular weight is 435 g/mol. The Morgan fingerprint density at radius 2 is 1.47 bits per heavy atom. The summed E-state index contributed by atoms with van der Waals surface area (Å²) in [5.41, 5.74) is 5.51. The molecule has 8 heteroatoms. The average Bonchev–Trinajstić information content (AvgIpc) is 2.70. The van der Waals surface area contributed by atoms with Gasteiger partial charge in [0.25, 0.3) is 0 Å². The van der Waals surface area contributed by atoms with E-state index >= 15 is 0 Å². The number of hydrogen-bond donors (Lipinski definition) is 3. The zero-order valence-corrected chi connectivity index (χ0v) is 17.5. The van der Waals surface area contributed by atoms with Crippen LogP contribution in [0.3, 0.4) is 0 Å². The van der Waals surface area contributed by atoms with Crippen molar-refractivity contribution in [1.82, 2.24) is 4.90 Å². The van der Waals surface area contributed by atoms with E-state index in [1.54, 1.807) is 54.6 Å². The summed E-state index contributed by atoms with van der Waals surface area (Å²) in [6, 6.07) is 16.9. The summed E-state index contributed by atoms with van der Waals surface area (Å²) < 4.78 is 0. The molecular formula is C22H27ClN2O5. The van der Waals surface area contributed by atoms with Gasteiger partial charge in [0.2, 0.25) is 5.91 Å². The molecule has 0 aliphatic heterocycles. The standard InChI is InChI=1S/C22H26N2O5.ClH/c1-16(23)20(27)24(15-18-10-6-3-7-11-18)22(21(28)29,13-12-19(25)26)14-17-8-4-2-5-9-17;/h2-11,16H,12-15,23H2,1H3,(H,25,26)(H,28,29);1H/t16-,22-;/m0./s1. The molecule has 30 heavy (non-hydrogen) atoms. The van der Waals surface area contributed by atoms with Crippen LogP contribution in [0, 0.1) is 0 Å². The van der Waals surface area contributed by atoms with Crippen molar-refractivity contribution in [1.29, 1.82) is 0 Å². The maximum absolute atomic E-state index is 13.0. The molecule has 0 bridgehead atoms. The number of nitrogens with two attached hydrogens (primary N) is 1. The third-order valence-corrected chi connectivity index (χ3v) is 4.85. The van der Waals surface area contributed by atoms with Crippen LogP contribution in [0.15, 0.2) is 60.7 Å². The monoisotopic (exact) mass is 434 g/mol. The van der Waals surface area contributed by atoms with Gasteiger partial charge in [-0.2, -0.15) is 0 Å². The molecule has 162 valence electrons. The van der Waals surface area contributed by atoms with E-state index in [4.69, 9.17) is 5.73 Å². The van der Waals surface area contributed by atoms with E-state index in [0.29, 0.717) is 5.56 Å². The van der Waals surface area contributed by atoms with E-state index in [-0.39, 0.29) is 31.8 Å². The van der Waals surface area contributed by atoms with E-state index < -0.39 is 35.8 Å². The highest BCUT2D eigenvalue weighted by Crippen LogP contribution is 2.30. The normalized spacial score (nSPS) is 13.4. The van der Waals surface area contributed by atoms with Crippen molar-refractivity contribution in [3.63, 3.8) is 0 Å². The summed E-state index contributed by atoms with van der Waals surface area (Å²) in [6.45, 7) is 1.51. The lowest BCUT2D eigenvalue weighted by atomic mass is 9.83. The molecule has 2 atom stereocenters. The van der Waals surface area contributed by atoms with Crippen LogP contribution in [0.25, 0.3) is 0 Å². The van der Waals surface area contributed by atoms with Crippen LogP contribution in [-0.4, -0.2) is 44.5 Å². The summed E-state index contributed by atoms with van der Waals surface area (Å²) in [5.74, 6) is -2.93. The van der Waals surface area contributed by atoms with E-state index in [1.165, 1.54) is 11.8 Å². The Kier molecular flexibility index (Phi) is 9.49. The summed E-state index contributed by atoms with van der Waals surface area (Å²) in [5, 5.41) is 19.5. The van der Waals surface area contributed by atoms with Gasteiger partial charge in [0.15, 0.2) is 0 Å².